The summed E-state index contributed by atoms with van der Waals surface area (Å²) in [6, 6.07) is 0. The summed E-state index contributed by atoms with van der Waals surface area (Å²) in [7, 11) is 0. The van der Waals surface area contributed by atoms with E-state index in [1.807, 2.05) is 0 Å². The van der Waals surface area contributed by atoms with Crippen LogP contribution in [0.2, 0.25) is 0 Å². The molecule has 0 spiro atoms. The van der Waals surface area contributed by atoms with Crippen molar-refractivity contribution in [1.29, 1.82) is 0 Å². The van der Waals surface area contributed by atoms with Gasteiger partial charge in [-0.05, 0) is 31.6 Å². The molecule has 0 amide bonds. The van der Waals surface area contributed by atoms with Crippen molar-refractivity contribution in [3.63, 3.8) is 0 Å². The molecular formula is C24H51NO2. The number of aliphatic hydroxyl groups excluding tert-OH is 2. The van der Waals surface area contributed by atoms with Crippen LogP contribution in [0.4, 0.5) is 0 Å². The van der Waals surface area contributed by atoms with Crippen molar-refractivity contribution in [3.05, 3.63) is 0 Å². The summed E-state index contributed by atoms with van der Waals surface area (Å²) in [6.45, 7) is 8.21. The zero-order valence-electron chi connectivity index (χ0n) is 18.8. The first kappa shape index (κ1) is 26.9. The van der Waals surface area contributed by atoms with Crippen molar-refractivity contribution in [2.45, 2.75) is 117 Å². The van der Waals surface area contributed by atoms with E-state index in [2.05, 4.69) is 18.7 Å². The van der Waals surface area contributed by atoms with Gasteiger partial charge in [0.15, 0.2) is 0 Å². The summed E-state index contributed by atoms with van der Waals surface area (Å²) in [5.41, 5.74) is 0. The lowest BCUT2D eigenvalue weighted by Gasteiger charge is -2.27. The van der Waals surface area contributed by atoms with Crippen molar-refractivity contribution < 1.29 is 10.2 Å². The third kappa shape index (κ3) is 19.0. The highest BCUT2D eigenvalue weighted by Crippen LogP contribution is 2.21. The summed E-state index contributed by atoms with van der Waals surface area (Å²) >= 11 is 0. The Hall–Kier alpha value is -0.120. The molecule has 0 heterocycles. The Kier molecular flexibility index (Phi) is 22.1. The lowest BCUT2D eigenvalue weighted by Crippen LogP contribution is -2.32. The van der Waals surface area contributed by atoms with E-state index >= 15 is 0 Å². The minimum absolute atomic E-state index is 0.273. The molecule has 0 saturated heterocycles. The molecule has 27 heavy (non-hydrogen) atoms. The predicted octanol–water partition coefficient (Wildman–Crippen LogP) is 6.17. The van der Waals surface area contributed by atoms with Gasteiger partial charge in [0.1, 0.15) is 0 Å². The maximum atomic E-state index is 9.18. The molecule has 2 N–H and O–H groups in total. The molecule has 1 unspecified atom stereocenters. The molecule has 0 fully saturated rings. The van der Waals surface area contributed by atoms with Gasteiger partial charge in [-0.3, -0.25) is 0 Å². The lowest BCUT2D eigenvalue weighted by molar-refractivity contribution is 0.173. The maximum Gasteiger partial charge on any atom is 0.0443 e. The minimum atomic E-state index is 0.273. The SMILES string of the molecule is CCCCCCCCCC(CCCCCCC)CN(CCCO)CCCO. The molecule has 0 rings (SSSR count). The minimum Gasteiger partial charge on any atom is -0.396 e. The molecule has 0 aliphatic rings. The first-order valence-corrected chi connectivity index (χ1v) is 12.2. The average Bonchev–Trinajstić information content (AvgIpc) is 2.68. The van der Waals surface area contributed by atoms with Gasteiger partial charge in [-0.25, -0.2) is 0 Å². The molecule has 0 aliphatic carbocycles. The van der Waals surface area contributed by atoms with E-state index in [0.717, 1.165) is 38.4 Å². The number of nitrogens with zero attached hydrogens (tertiary/aromatic N) is 1. The fraction of sp³-hybridized carbons (Fsp3) is 1.00. The van der Waals surface area contributed by atoms with Crippen LogP contribution >= 0.6 is 0 Å². The van der Waals surface area contributed by atoms with E-state index in [9.17, 15) is 10.2 Å². The second-order valence-corrected chi connectivity index (χ2v) is 8.43. The fourth-order valence-corrected chi connectivity index (χ4v) is 4.00. The molecule has 1 atom stereocenters. The third-order valence-electron chi connectivity index (χ3n) is 5.71. The molecular weight excluding hydrogens is 334 g/mol. The number of aliphatic hydroxyl groups is 2. The Balaban J connectivity index is 4.24. The maximum absolute atomic E-state index is 9.18. The summed E-state index contributed by atoms with van der Waals surface area (Å²) in [6.07, 6.45) is 21.0. The topological polar surface area (TPSA) is 43.7 Å². The Morgan fingerprint density at radius 3 is 1.37 bits per heavy atom. The van der Waals surface area contributed by atoms with Gasteiger partial charge in [-0.15, -0.1) is 0 Å². The van der Waals surface area contributed by atoms with E-state index in [1.54, 1.807) is 0 Å². The van der Waals surface area contributed by atoms with Crippen LogP contribution < -0.4 is 0 Å². The van der Waals surface area contributed by atoms with Crippen LogP contribution in [0.1, 0.15) is 117 Å². The van der Waals surface area contributed by atoms with E-state index in [0.29, 0.717) is 0 Å². The van der Waals surface area contributed by atoms with Crippen LogP contribution in [0, 0.1) is 5.92 Å². The first-order chi connectivity index (χ1) is 13.3. The van der Waals surface area contributed by atoms with Crippen LogP contribution in [0.15, 0.2) is 0 Å². The zero-order chi connectivity index (χ0) is 20.0. The summed E-state index contributed by atoms with van der Waals surface area (Å²) in [5, 5.41) is 18.4. The van der Waals surface area contributed by atoms with Gasteiger partial charge in [0.05, 0.1) is 0 Å². The van der Waals surface area contributed by atoms with Crippen molar-refractivity contribution in [3.8, 4) is 0 Å². The lowest BCUT2D eigenvalue weighted by atomic mass is 9.93. The number of unbranched alkanes of at least 4 members (excludes halogenated alkanes) is 10. The Morgan fingerprint density at radius 2 is 0.963 bits per heavy atom. The predicted molar refractivity (Wildman–Crippen MR) is 119 cm³/mol. The van der Waals surface area contributed by atoms with E-state index in [4.69, 9.17) is 0 Å². The van der Waals surface area contributed by atoms with Gasteiger partial charge < -0.3 is 15.1 Å². The molecule has 3 heteroatoms. The Morgan fingerprint density at radius 1 is 0.556 bits per heavy atom. The van der Waals surface area contributed by atoms with Crippen molar-refractivity contribution >= 4 is 0 Å². The highest BCUT2D eigenvalue weighted by molar-refractivity contribution is 4.68. The highest BCUT2D eigenvalue weighted by atomic mass is 16.3. The first-order valence-electron chi connectivity index (χ1n) is 12.2. The van der Waals surface area contributed by atoms with Crippen LogP contribution in [0.5, 0.6) is 0 Å². The standard InChI is InChI=1S/C24H51NO2/c1-3-5-7-9-10-12-14-18-24(17-13-11-8-6-4-2)23-25(19-15-21-26)20-16-22-27/h24,26-27H,3-23H2,1-2H3. The Labute approximate surface area is 170 Å². The molecule has 0 aromatic rings. The smallest absolute Gasteiger partial charge is 0.0443 e. The van der Waals surface area contributed by atoms with Gasteiger partial charge in [-0.2, -0.15) is 0 Å². The Bertz CT molecular complexity index is 265. The molecule has 0 bridgehead atoms. The third-order valence-corrected chi connectivity index (χ3v) is 5.71. The van der Waals surface area contributed by atoms with E-state index < -0.39 is 0 Å². The number of hydrogen-bond acceptors (Lipinski definition) is 3. The second kappa shape index (κ2) is 22.2. The van der Waals surface area contributed by atoms with E-state index in [-0.39, 0.29) is 13.2 Å². The molecule has 0 aliphatic heterocycles. The van der Waals surface area contributed by atoms with E-state index in [1.165, 1.54) is 89.9 Å². The zero-order valence-corrected chi connectivity index (χ0v) is 18.8. The van der Waals surface area contributed by atoms with Crippen molar-refractivity contribution in [1.82, 2.24) is 4.90 Å². The summed E-state index contributed by atoms with van der Waals surface area (Å²) in [4.78, 5) is 2.49. The van der Waals surface area contributed by atoms with Gasteiger partial charge >= 0.3 is 0 Å². The molecule has 0 aromatic carbocycles. The van der Waals surface area contributed by atoms with Gasteiger partial charge in [0, 0.05) is 32.8 Å². The van der Waals surface area contributed by atoms with Gasteiger partial charge in [-0.1, -0.05) is 90.9 Å². The summed E-state index contributed by atoms with van der Waals surface area (Å²) in [5.74, 6) is 0.791. The number of hydrogen-bond donors (Lipinski definition) is 2. The average molecular weight is 386 g/mol. The summed E-state index contributed by atoms with van der Waals surface area (Å²) < 4.78 is 0. The highest BCUT2D eigenvalue weighted by Gasteiger charge is 2.14. The monoisotopic (exact) mass is 385 g/mol. The largest absolute Gasteiger partial charge is 0.396 e. The van der Waals surface area contributed by atoms with Crippen molar-refractivity contribution in [2.24, 2.45) is 5.92 Å². The van der Waals surface area contributed by atoms with Crippen LogP contribution in [0.3, 0.4) is 0 Å². The van der Waals surface area contributed by atoms with Crippen LogP contribution in [-0.2, 0) is 0 Å². The molecule has 3 nitrogen and oxygen atoms in total. The fourth-order valence-electron chi connectivity index (χ4n) is 4.00. The quantitative estimate of drug-likeness (QED) is 0.219. The second-order valence-electron chi connectivity index (χ2n) is 8.43. The molecule has 164 valence electrons. The molecule has 0 aromatic heterocycles. The van der Waals surface area contributed by atoms with Crippen LogP contribution in [0.25, 0.3) is 0 Å². The van der Waals surface area contributed by atoms with Crippen molar-refractivity contribution in [2.75, 3.05) is 32.8 Å². The molecule has 0 saturated carbocycles. The normalized spacial score (nSPS) is 12.8. The van der Waals surface area contributed by atoms with Crippen LogP contribution in [-0.4, -0.2) is 48.0 Å². The van der Waals surface area contributed by atoms with Gasteiger partial charge in [0.25, 0.3) is 0 Å². The van der Waals surface area contributed by atoms with Gasteiger partial charge in [0.2, 0.25) is 0 Å². The molecule has 0 radical (unpaired) electrons. The number of rotatable bonds is 22.